The molecule has 1 aromatic carbocycles. The van der Waals surface area contributed by atoms with Crippen LogP contribution in [0.2, 0.25) is 0 Å². The Labute approximate surface area is 148 Å². The highest BCUT2D eigenvalue weighted by atomic mass is 16.5. The number of benzene rings is 1. The third kappa shape index (κ3) is 2.84. The van der Waals surface area contributed by atoms with Crippen molar-refractivity contribution in [3.05, 3.63) is 77.2 Å². The van der Waals surface area contributed by atoms with Crippen LogP contribution in [0.15, 0.2) is 59.2 Å². The van der Waals surface area contributed by atoms with Crippen LogP contribution in [0, 0.1) is 13.8 Å². The minimum absolute atomic E-state index is 0.0193. The number of allylic oxidation sites excluding steroid dienone is 3. The summed E-state index contributed by atoms with van der Waals surface area (Å²) in [5.74, 6) is 0.796. The molecule has 4 heteroatoms. The molecule has 1 aliphatic rings. The van der Waals surface area contributed by atoms with E-state index in [-0.39, 0.29) is 11.9 Å². The van der Waals surface area contributed by atoms with Gasteiger partial charge in [-0.1, -0.05) is 42.1 Å². The van der Waals surface area contributed by atoms with Gasteiger partial charge in [-0.05, 0) is 49.6 Å². The topological polar surface area (TPSA) is 46.3 Å². The van der Waals surface area contributed by atoms with Crippen molar-refractivity contribution < 1.29 is 9.32 Å². The summed E-state index contributed by atoms with van der Waals surface area (Å²) < 4.78 is 5.29. The van der Waals surface area contributed by atoms with Crippen LogP contribution in [0.5, 0.6) is 0 Å². The normalized spacial score (nSPS) is 17.0. The Kier molecular flexibility index (Phi) is 4.45. The molecule has 3 rings (SSSR count). The fraction of sp³-hybridized carbons (Fsp3) is 0.238. The van der Waals surface area contributed by atoms with Crippen LogP contribution in [0.1, 0.15) is 40.3 Å². The maximum absolute atomic E-state index is 12.6. The van der Waals surface area contributed by atoms with Crippen molar-refractivity contribution in [3.8, 4) is 11.1 Å². The monoisotopic (exact) mass is 334 g/mol. The standard InChI is InChI=1S/C21H22N2O2/c1-6-7-8-9-13(2)20-18-12-16(19-14(3)22-25-15(19)4)10-11-17(18)21(24)23(20)5/h6-12,20H,2H2,1,3-5H3/b7-6-,9-8-/t20-/m0/s1. The molecule has 25 heavy (non-hydrogen) atoms. The van der Waals surface area contributed by atoms with Crippen LogP contribution in [0.3, 0.4) is 0 Å². The molecule has 0 spiro atoms. The van der Waals surface area contributed by atoms with Crippen LogP contribution in [-0.2, 0) is 0 Å². The number of amides is 1. The molecule has 2 heterocycles. The molecular formula is C21H22N2O2. The molecule has 0 aliphatic carbocycles. The third-order valence-electron chi connectivity index (χ3n) is 4.57. The first-order chi connectivity index (χ1) is 12.0. The van der Waals surface area contributed by atoms with Crippen molar-refractivity contribution in [3.63, 3.8) is 0 Å². The van der Waals surface area contributed by atoms with Gasteiger partial charge in [-0.25, -0.2) is 0 Å². The van der Waals surface area contributed by atoms with Crippen molar-refractivity contribution in [1.82, 2.24) is 10.1 Å². The Morgan fingerprint density at radius 2 is 2.08 bits per heavy atom. The molecule has 0 bridgehead atoms. The summed E-state index contributed by atoms with van der Waals surface area (Å²) in [5, 5.41) is 4.03. The summed E-state index contributed by atoms with van der Waals surface area (Å²) in [5.41, 5.74) is 5.41. The average Bonchev–Trinajstić information content (AvgIpc) is 3.04. The van der Waals surface area contributed by atoms with E-state index in [1.54, 1.807) is 4.90 Å². The quantitative estimate of drug-likeness (QED) is 0.756. The predicted octanol–water partition coefficient (Wildman–Crippen LogP) is 4.77. The molecule has 1 amide bonds. The summed E-state index contributed by atoms with van der Waals surface area (Å²) in [6.45, 7) is 9.96. The van der Waals surface area contributed by atoms with Gasteiger partial charge < -0.3 is 9.42 Å². The minimum atomic E-state index is -0.163. The molecule has 0 unspecified atom stereocenters. The number of carbonyl (C=O) groups excluding carboxylic acids is 1. The molecule has 1 aliphatic heterocycles. The number of rotatable bonds is 4. The lowest BCUT2D eigenvalue weighted by molar-refractivity contribution is 0.0793. The summed E-state index contributed by atoms with van der Waals surface area (Å²) in [7, 11) is 1.82. The lowest BCUT2D eigenvalue weighted by Gasteiger charge is -2.21. The molecular weight excluding hydrogens is 312 g/mol. The van der Waals surface area contributed by atoms with E-state index in [1.807, 2.05) is 64.3 Å². The number of hydrogen-bond donors (Lipinski definition) is 0. The first kappa shape index (κ1) is 17.0. The van der Waals surface area contributed by atoms with E-state index in [4.69, 9.17) is 4.52 Å². The number of fused-ring (bicyclic) bond motifs is 1. The fourth-order valence-electron chi connectivity index (χ4n) is 3.38. The highest BCUT2D eigenvalue weighted by Gasteiger charge is 2.35. The van der Waals surface area contributed by atoms with Crippen LogP contribution in [-0.4, -0.2) is 23.0 Å². The number of aromatic nitrogens is 1. The van der Waals surface area contributed by atoms with Crippen molar-refractivity contribution in [1.29, 1.82) is 0 Å². The summed E-state index contributed by atoms with van der Waals surface area (Å²) >= 11 is 0. The largest absolute Gasteiger partial charge is 0.361 e. The minimum Gasteiger partial charge on any atom is -0.361 e. The zero-order chi connectivity index (χ0) is 18.1. The Hall–Kier alpha value is -2.88. The lowest BCUT2D eigenvalue weighted by atomic mass is 9.93. The van der Waals surface area contributed by atoms with Crippen LogP contribution in [0.4, 0.5) is 0 Å². The maximum atomic E-state index is 12.6. The summed E-state index contributed by atoms with van der Waals surface area (Å²) in [6, 6.07) is 5.74. The SMILES string of the molecule is C=C(/C=C\C=C/C)[C@H]1c2cc(-c3c(C)noc3C)ccc2C(=O)N1C. The van der Waals surface area contributed by atoms with E-state index >= 15 is 0 Å². The number of nitrogens with zero attached hydrogens (tertiary/aromatic N) is 2. The van der Waals surface area contributed by atoms with Gasteiger partial charge in [0.25, 0.3) is 5.91 Å². The number of hydrogen-bond acceptors (Lipinski definition) is 3. The zero-order valence-corrected chi connectivity index (χ0v) is 15.0. The third-order valence-corrected chi connectivity index (χ3v) is 4.57. The molecule has 1 atom stereocenters. The summed E-state index contributed by atoms with van der Waals surface area (Å²) in [6.07, 6.45) is 7.79. The van der Waals surface area contributed by atoms with E-state index in [2.05, 4.69) is 17.8 Å². The van der Waals surface area contributed by atoms with Gasteiger partial charge in [0.2, 0.25) is 0 Å². The Morgan fingerprint density at radius 3 is 2.72 bits per heavy atom. The van der Waals surface area contributed by atoms with Crippen molar-refractivity contribution in [2.75, 3.05) is 7.05 Å². The predicted molar refractivity (Wildman–Crippen MR) is 99.3 cm³/mol. The zero-order valence-electron chi connectivity index (χ0n) is 15.0. The maximum Gasteiger partial charge on any atom is 0.254 e. The first-order valence-corrected chi connectivity index (χ1v) is 8.28. The van der Waals surface area contributed by atoms with E-state index in [0.29, 0.717) is 0 Å². The van der Waals surface area contributed by atoms with Gasteiger partial charge >= 0.3 is 0 Å². The van der Waals surface area contributed by atoms with Gasteiger partial charge in [-0.15, -0.1) is 0 Å². The van der Waals surface area contributed by atoms with E-state index in [9.17, 15) is 4.79 Å². The molecule has 0 radical (unpaired) electrons. The number of aryl methyl sites for hydroxylation is 2. The molecule has 1 aromatic heterocycles. The molecule has 2 aromatic rings. The molecule has 0 saturated heterocycles. The van der Waals surface area contributed by atoms with Crippen LogP contribution < -0.4 is 0 Å². The molecule has 0 N–H and O–H groups in total. The Balaban J connectivity index is 2.08. The smallest absolute Gasteiger partial charge is 0.254 e. The van der Waals surface area contributed by atoms with E-state index in [1.165, 1.54) is 0 Å². The van der Waals surface area contributed by atoms with Crippen LogP contribution >= 0.6 is 0 Å². The second-order valence-corrected chi connectivity index (χ2v) is 6.28. The average molecular weight is 334 g/mol. The van der Waals surface area contributed by atoms with Crippen molar-refractivity contribution in [2.45, 2.75) is 26.8 Å². The highest BCUT2D eigenvalue weighted by Crippen LogP contribution is 2.40. The van der Waals surface area contributed by atoms with Crippen LogP contribution in [0.25, 0.3) is 11.1 Å². The Bertz CT molecular complexity index is 883. The number of carbonyl (C=O) groups is 1. The first-order valence-electron chi connectivity index (χ1n) is 8.28. The highest BCUT2D eigenvalue weighted by molar-refractivity contribution is 6.00. The van der Waals surface area contributed by atoms with Gasteiger partial charge in [0.05, 0.1) is 11.7 Å². The van der Waals surface area contributed by atoms with Gasteiger partial charge in [0.1, 0.15) is 5.76 Å². The fourth-order valence-corrected chi connectivity index (χ4v) is 3.38. The van der Waals surface area contributed by atoms with Gasteiger partial charge in [0, 0.05) is 18.2 Å². The van der Waals surface area contributed by atoms with Gasteiger partial charge in [-0.3, -0.25) is 4.79 Å². The Morgan fingerprint density at radius 1 is 1.32 bits per heavy atom. The van der Waals surface area contributed by atoms with Crippen molar-refractivity contribution >= 4 is 5.91 Å². The lowest BCUT2D eigenvalue weighted by Crippen LogP contribution is -2.23. The molecule has 0 saturated carbocycles. The van der Waals surface area contributed by atoms with Crippen molar-refractivity contribution in [2.24, 2.45) is 0 Å². The number of likely N-dealkylation sites (N-methyl/N-ethyl adjacent to an activating group) is 1. The van der Waals surface area contributed by atoms with Gasteiger partial charge in [0.15, 0.2) is 0 Å². The molecule has 0 fully saturated rings. The second kappa shape index (κ2) is 6.55. The second-order valence-electron chi connectivity index (χ2n) is 6.28. The summed E-state index contributed by atoms with van der Waals surface area (Å²) in [4.78, 5) is 14.3. The van der Waals surface area contributed by atoms with Gasteiger partial charge in [-0.2, -0.15) is 0 Å². The molecule has 128 valence electrons. The molecule has 4 nitrogen and oxygen atoms in total. The van der Waals surface area contributed by atoms with E-state index < -0.39 is 0 Å². The van der Waals surface area contributed by atoms with E-state index in [0.717, 1.165) is 39.3 Å².